The number of para-hydroxylation sites is 1. The molecule has 2 aromatic carbocycles. The molecule has 0 bridgehead atoms. The zero-order valence-corrected chi connectivity index (χ0v) is 10.9. The molecule has 3 aromatic rings. The Hall–Kier alpha value is -2.35. The highest BCUT2D eigenvalue weighted by molar-refractivity contribution is 6.08. The summed E-state index contributed by atoms with van der Waals surface area (Å²) in [6.45, 7) is 2.68. The molecule has 0 amide bonds. The van der Waals surface area contributed by atoms with Crippen LogP contribution in [0.25, 0.3) is 10.9 Å². The Bertz CT molecular complexity index is 723. The molecule has 0 spiro atoms. The fraction of sp³-hybridized carbons (Fsp3) is 0.118. The van der Waals surface area contributed by atoms with Crippen molar-refractivity contribution in [2.24, 2.45) is 0 Å². The summed E-state index contributed by atoms with van der Waals surface area (Å²) >= 11 is 0. The van der Waals surface area contributed by atoms with Crippen LogP contribution in [-0.4, -0.2) is 10.3 Å². The Morgan fingerprint density at radius 2 is 1.68 bits per heavy atom. The minimum absolute atomic E-state index is 0.614. The quantitative estimate of drug-likeness (QED) is 0.677. The molecular weight excluding hydrogens is 232 g/mol. The van der Waals surface area contributed by atoms with Crippen molar-refractivity contribution in [3.05, 3.63) is 71.9 Å². The molecule has 2 nitrogen and oxygen atoms in total. The van der Waals surface area contributed by atoms with Gasteiger partial charge < -0.3 is 9.98 Å². The van der Waals surface area contributed by atoms with E-state index < -0.39 is 0 Å². The molecule has 0 saturated carbocycles. The van der Waals surface area contributed by atoms with Crippen LogP contribution in [0.1, 0.15) is 18.1 Å². The summed E-state index contributed by atoms with van der Waals surface area (Å²) in [6.07, 6.45) is 2.08. The highest BCUT2D eigenvalue weighted by Crippen LogP contribution is 2.22. The normalized spacial score (nSPS) is 10.8. The molecule has 0 atom stereocenters. The average molecular weight is 248 g/mol. The molecule has 0 aliphatic rings. The summed E-state index contributed by atoms with van der Waals surface area (Å²) < 4.78 is 2.22. The van der Waals surface area contributed by atoms with E-state index in [1.54, 1.807) is 0 Å². The molecule has 3 rings (SSSR count). The molecule has 94 valence electrons. The molecule has 0 aliphatic heterocycles. The van der Waals surface area contributed by atoms with Crippen LogP contribution in [0.4, 0.5) is 0 Å². The Morgan fingerprint density at radius 1 is 1.00 bits per heavy atom. The summed E-state index contributed by atoms with van der Waals surface area (Å²) in [5, 5.41) is 9.06. The SMILES string of the molecule is CC(=N)c1cn(Cc2ccccc2)c2ccccc12. The lowest BCUT2D eigenvalue weighted by Gasteiger charge is -2.05. The van der Waals surface area contributed by atoms with Crippen LogP contribution >= 0.6 is 0 Å². The van der Waals surface area contributed by atoms with Crippen molar-refractivity contribution in [3.8, 4) is 0 Å². The van der Waals surface area contributed by atoms with Gasteiger partial charge in [-0.2, -0.15) is 0 Å². The molecule has 0 aliphatic carbocycles. The minimum atomic E-state index is 0.614. The lowest BCUT2D eigenvalue weighted by Crippen LogP contribution is -1.97. The maximum absolute atomic E-state index is 7.90. The van der Waals surface area contributed by atoms with E-state index in [1.807, 2.05) is 25.1 Å². The van der Waals surface area contributed by atoms with Crippen LogP contribution in [0.2, 0.25) is 0 Å². The van der Waals surface area contributed by atoms with Crippen LogP contribution < -0.4 is 0 Å². The molecule has 0 saturated heterocycles. The van der Waals surface area contributed by atoms with Gasteiger partial charge in [0.2, 0.25) is 0 Å². The fourth-order valence-electron chi connectivity index (χ4n) is 2.46. The Kier molecular flexibility index (Phi) is 2.92. The monoisotopic (exact) mass is 248 g/mol. The smallest absolute Gasteiger partial charge is 0.0490 e. The van der Waals surface area contributed by atoms with Gasteiger partial charge in [-0.1, -0.05) is 48.5 Å². The van der Waals surface area contributed by atoms with Crippen molar-refractivity contribution in [1.82, 2.24) is 4.57 Å². The third kappa shape index (κ3) is 2.17. The highest BCUT2D eigenvalue weighted by atomic mass is 15.0. The van der Waals surface area contributed by atoms with E-state index in [1.165, 1.54) is 11.1 Å². The molecule has 19 heavy (non-hydrogen) atoms. The van der Waals surface area contributed by atoms with E-state index in [0.717, 1.165) is 17.5 Å². The number of nitrogens with zero attached hydrogens (tertiary/aromatic N) is 1. The summed E-state index contributed by atoms with van der Waals surface area (Å²) in [7, 11) is 0. The second-order valence-electron chi connectivity index (χ2n) is 4.80. The maximum atomic E-state index is 7.90. The van der Waals surface area contributed by atoms with Crippen LogP contribution in [0.5, 0.6) is 0 Å². The van der Waals surface area contributed by atoms with Crippen molar-refractivity contribution in [2.75, 3.05) is 0 Å². The number of hydrogen-bond acceptors (Lipinski definition) is 1. The lowest BCUT2D eigenvalue weighted by atomic mass is 10.1. The molecule has 0 radical (unpaired) electrons. The Labute approximate surface area is 112 Å². The first kappa shape index (κ1) is 11.7. The predicted molar refractivity (Wildman–Crippen MR) is 80.0 cm³/mol. The van der Waals surface area contributed by atoms with Gasteiger partial charge in [-0.25, -0.2) is 0 Å². The van der Waals surface area contributed by atoms with Crippen molar-refractivity contribution in [3.63, 3.8) is 0 Å². The first-order valence-electron chi connectivity index (χ1n) is 6.43. The van der Waals surface area contributed by atoms with Crippen molar-refractivity contribution in [2.45, 2.75) is 13.5 Å². The second kappa shape index (κ2) is 4.73. The number of aromatic nitrogens is 1. The zero-order valence-electron chi connectivity index (χ0n) is 10.9. The largest absolute Gasteiger partial charge is 0.342 e. The summed E-state index contributed by atoms with van der Waals surface area (Å²) in [5.74, 6) is 0. The standard InChI is InChI=1S/C17H16N2/c1-13(18)16-12-19(11-14-7-3-2-4-8-14)17-10-6-5-9-15(16)17/h2-10,12,18H,11H2,1H3. The predicted octanol–water partition coefficient (Wildman–Crippen LogP) is 4.08. The highest BCUT2D eigenvalue weighted by Gasteiger charge is 2.09. The molecule has 2 heteroatoms. The van der Waals surface area contributed by atoms with Crippen LogP contribution in [0, 0.1) is 5.41 Å². The molecule has 0 unspecified atom stereocenters. The van der Waals surface area contributed by atoms with Gasteiger partial charge in [-0.15, -0.1) is 0 Å². The van der Waals surface area contributed by atoms with Gasteiger partial charge >= 0.3 is 0 Å². The van der Waals surface area contributed by atoms with E-state index in [0.29, 0.717) is 5.71 Å². The van der Waals surface area contributed by atoms with E-state index in [2.05, 4.69) is 47.2 Å². The number of hydrogen-bond donors (Lipinski definition) is 1. The van der Waals surface area contributed by atoms with E-state index >= 15 is 0 Å². The lowest BCUT2D eigenvalue weighted by molar-refractivity contribution is 0.836. The van der Waals surface area contributed by atoms with E-state index in [4.69, 9.17) is 5.41 Å². The molecule has 1 aromatic heterocycles. The van der Waals surface area contributed by atoms with E-state index in [9.17, 15) is 0 Å². The van der Waals surface area contributed by atoms with Gasteiger partial charge in [0, 0.05) is 34.9 Å². The molecule has 0 fully saturated rings. The zero-order chi connectivity index (χ0) is 13.2. The van der Waals surface area contributed by atoms with Crippen molar-refractivity contribution in [1.29, 1.82) is 5.41 Å². The number of benzene rings is 2. The number of nitrogens with one attached hydrogen (secondary N) is 1. The first-order chi connectivity index (χ1) is 9.25. The van der Waals surface area contributed by atoms with Gasteiger partial charge in [0.1, 0.15) is 0 Å². The molecule has 1 heterocycles. The summed E-state index contributed by atoms with van der Waals surface area (Å²) in [4.78, 5) is 0. The minimum Gasteiger partial charge on any atom is -0.342 e. The first-order valence-corrected chi connectivity index (χ1v) is 6.43. The van der Waals surface area contributed by atoms with Crippen LogP contribution in [-0.2, 0) is 6.54 Å². The number of rotatable bonds is 3. The van der Waals surface area contributed by atoms with Gasteiger partial charge in [-0.3, -0.25) is 0 Å². The molecular formula is C17H16N2. The van der Waals surface area contributed by atoms with Gasteiger partial charge in [0.15, 0.2) is 0 Å². The average Bonchev–Trinajstić information content (AvgIpc) is 2.79. The fourth-order valence-corrected chi connectivity index (χ4v) is 2.46. The van der Waals surface area contributed by atoms with Crippen LogP contribution in [0.15, 0.2) is 60.8 Å². The Balaban J connectivity index is 2.11. The topological polar surface area (TPSA) is 28.8 Å². The van der Waals surface area contributed by atoms with E-state index in [-0.39, 0.29) is 0 Å². The third-order valence-electron chi connectivity index (χ3n) is 3.39. The Morgan fingerprint density at radius 3 is 2.42 bits per heavy atom. The summed E-state index contributed by atoms with van der Waals surface area (Å²) in [5.41, 5.74) is 4.10. The number of fused-ring (bicyclic) bond motifs is 1. The van der Waals surface area contributed by atoms with Gasteiger partial charge in [0.05, 0.1) is 0 Å². The van der Waals surface area contributed by atoms with Crippen LogP contribution in [0.3, 0.4) is 0 Å². The maximum Gasteiger partial charge on any atom is 0.0490 e. The van der Waals surface area contributed by atoms with Gasteiger partial charge in [-0.05, 0) is 18.6 Å². The molecule has 1 N–H and O–H groups in total. The summed E-state index contributed by atoms with van der Waals surface area (Å²) in [6, 6.07) is 18.7. The van der Waals surface area contributed by atoms with Crippen molar-refractivity contribution < 1.29 is 0 Å². The van der Waals surface area contributed by atoms with Gasteiger partial charge in [0.25, 0.3) is 0 Å². The second-order valence-corrected chi connectivity index (χ2v) is 4.80. The third-order valence-corrected chi connectivity index (χ3v) is 3.39. The van der Waals surface area contributed by atoms with Crippen molar-refractivity contribution >= 4 is 16.6 Å².